The van der Waals surface area contributed by atoms with Crippen LogP contribution in [0.5, 0.6) is 0 Å². The van der Waals surface area contributed by atoms with Gasteiger partial charge < -0.3 is 9.47 Å². The molecule has 0 radical (unpaired) electrons. The fourth-order valence-electron chi connectivity index (χ4n) is 5.55. The van der Waals surface area contributed by atoms with E-state index in [9.17, 15) is 9.59 Å². The van der Waals surface area contributed by atoms with Crippen molar-refractivity contribution in [1.82, 2.24) is 0 Å². The standard InChI is InChI=1S/C20H32O4Si2/c1-23-19(21)16-12-10-14(26(6,7)8)17(18(16)20(22)24-2)15-11(12)9-13(15)25(3,4)5/h10-13,15,17H,9H2,1-8H3/t11-,12+,13+,15+,17-/m1/s1. The van der Waals surface area contributed by atoms with E-state index in [1.807, 2.05) is 0 Å². The van der Waals surface area contributed by atoms with Crippen LogP contribution in [-0.4, -0.2) is 42.3 Å². The van der Waals surface area contributed by atoms with Crippen LogP contribution in [0.1, 0.15) is 6.42 Å². The molecule has 144 valence electrons. The zero-order valence-corrected chi connectivity index (χ0v) is 19.3. The number of carbonyl (C=O) groups excluding carboxylic acids is 2. The van der Waals surface area contributed by atoms with Crippen LogP contribution in [0.25, 0.3) is 0 Å². The smallest absolute Gasteiger partial charge is 0.334 e. The Balaban J connectivity index is 2.20. The highest BCUT2D eigenvalue weighted by molar-refractivity contribution is 6.83. The molecule has 0 aliphatic heterocycles. The molecular weight excluding hydrogens is 360 g/mol. The topological polar surface area (TPSA) is 52.6 Å². The van der Waals surface area contributed by atoms with Gasteiger partial charge in [0.25, 0.3) is 0 Å². The molecule has 0 spiro atoms. The summed E-state index contributed by atoms with van der Waals surface area (Å²) in [4.78, 5) is 25.4. The number of hydrogen-bond donors (Lipinski definition) is 0. The molecule has 4 aliphatic rings. The first-order valence-corrected chi connectivity index (χ1v) is 16.6. The van der Waals surface area contributed by atoms with Crippen molar-refractivity contribution in [2.45, 2.75) is 51.2 Å². The second kappa shape index (κ2) is 6.19. The van der Waals surface area contributed by atoms with E-state index in [4.69, 9.17) is 9.47 Å². The van der Waals surface area contributed by atoms with E-state index < -0.39 is 16.1 Å². The van der Waals surface area contributed by atoms with Crippen LogP contribution >= 0.6 is 0 Å². The van der Waals surface area contributed by atoms with Gasteiger partial charge in [-0.3, -0.25) is 0 Å². The van der Waals surface area contributed by atoms with Gasteiger partial charge in [-0.15, -0.1) is 0 Å². The maximum absolute atomic E-state index is 12.8. The largest absolute Gasteiger partial charge is 0.466 e. The molecule has 5 atom stereocenters. The van der Waals surface area contributed by atoms with Crippen molar-refractivity contribution in [3.63, 3.8) is 0 Å². The maximum Gasteiger partial charge on any atom is 0.334 e. The zero-order chi connectivity index (χ0) is 19.6. The van der Waals surface area contributed by atoms with E-state index in [2.05, 4.69) is 45.4 Å². The summed E-state index contributed by atoms with van der Waals surface area (Å²) in [6.07, 6.45) is 3.50. The molecule has 0 N–H and O–H groups in total. The molecule has 1 saturated carbocycles. The van der Waals surface area contributed by atoms with Gasteiger partial charge in [0.05, 0.1) is 33.4 Å². The lowest BCUT2D eigenvalue weighted by molar-refractivity contribution is -0.142. The minimum absolute atomic E-state index is 0.0147. The lowest BCUT2D eigenvalue weighted by Crippen LogP contribution is -2.59. The molecule has 4 rings (SSSR count). The van der Waals surface area contributed by atoms with Crippen molar-refractivity contribution in [2.24, 2.45) is 23.7 Å². The van der Waals surface area contributed by atoms with Gasteiger partial charge in [0.2, 0.25) is 0 Å². The van der Waals surface area contributed by atoms with E-state index in [-0.39, 0.29) is 23.8 Å². The van der Waals surface area contributed by atoms with E-state index in [0.717, 1.165) is 0 Å². The Hall–Kier alpha value is -1.15. The van der Waals surface area contributed by atoms with Gasteiger partial charge in [-0.2, -0.15) is 0 Å². The Morgan fingerprint density at radius 3 is 1.96 bits per heavy atom. The fourth-order valence-corrected chi connectivity index (χ4v) is 10.1. The van der Waals surface area contributed by atoms with Crippen LogP contribution in [0.2, 0.25) is 44.8 Å². The van der Waals surface area contributed by atoms with Crippen LogP contribution in [0.4, 0.5) is 0 Å². The number of carbonyl (C=O) groups is 2. The van der Waals surface area contributed by atoms with Gasteiger partial charge in [-0.1, -0.05) is 50.6 Å². The molecule has 6 heteroatoms. The van der Waals surface area contributed by atoms with E-state index in [1.54, 1.807) is 0 Å². The molecule has 4 nitrogen and oxygen atoms in total. The fraction of sp³-hybridized carbons (Fsp3) is 0.700. The first kappa shape index (κ1) is 19.6. The number of rotatable bonds is 4. The first-order chi connectivity index (χ1) is 11.9. The second-order valence-electron chi connectivity index (χ2n) is 10.1. The van der Waals surface area contributed by atoms with Crippen LogP contribution in [0, 0.1) is 23.7 Å². The van der Waals surface area contributed by atoms with Gasteiger partial charge in [-0.05, 0) is 23.8 Å². The lowest BCUT2D eigenvalue weighted by atomic mass is 9.51. The maximum atomic E-state index is 12.8. The lowest BCUT2D eigenvalue weighted by Gasteiger charge is -2.62. The molecule has 0 heterocycles. The second-order valence-corrected chi connectivity index (χ2v) is 20.7. The normalized spacial score (nSPS) is 33.2. The SMILES string of the molecule is COC(=O)C1=C(C(=O)OC)[C@H]2C=C([Si](C)(C)C)[C@@H]1[C@H]1[C@@H]2C[C@@H]1[Si](C)(C)C. The van der Waals surface area contributed by atoms with Crippen molar-refractivity contribution < 1.29 is 19.1 Å². The molecule has 2 bridgehead atoms. The van der Waals surface area contributed by atoms with Gasteiger partial charge >= 0.3 is 11.9 Å². The third-order valence-electron chi connectivity index (χ3n) is 6.75. The van der Waals surface area contributed by atoms with Crippen LogP contribution in [0.3, 0.4) is 0 Å². The van der Waals surface area contributed by atoms with Gasteiger partial charge in [0.15, 0.2) is 0 Å². The summed E-state index contributed by atoms with van der Waals surface area (Å²) < 4.78 is 10.2. The molecule has 1 fully saturated rings. The predicted molar refractivity (Wildman–Crippen MR) is 108 cm³/mol. The van der Waals surface area contributed by atoms with Crippen molar-refractivity contribution >= 4 is 28.1 Å². The van der Waals surface area contributed by atoms with E-state index in [1.165, 1.54) is 25.8 Å². The molecule has 0 aromatic heterocycles. The molecule has 4 aliphatic carbocycles. The Labute approximate surface area is 159 Å². The number of esters is 2. The number of hydrogen-bond acceptors (Lipinski definition) is 4. The van der Waals surface area contributed by atoms with E-state index in [0.29, 0.717) is 28.5 Å². The Kier molecular flexibility index (Phi) is 4.67. The molecule has 0 aromatic carbocycles. The summed E-state index contributed by atoms with van der Waals surface area (Å²) in [5, 5.41) is 1.43. The third kappa shape index (κ3) is 2.76. The summed E-state index contributed by atoms with van der Waals surface area (Å²) in [5.74, 6) is 0.315. The average Bonchev–Trinajstić information content (AvgIpc) is 2.49. The zero-order valence-electron chi connectivity index (χ0n) is 17.3. The molecule has 0 unspecified atom stereocenters. The van der Waals surface area contributed by atoms with E-state index >= 15 is 0 Å². The highest BCUT2D eigenvalue weighted by Gasteiger charge is 2.62. The molecule has 26 heavy (non-hydrogen) atoms. The monoisotopic (exact) mass is 392 g/mol. The quantitative estimate of drug-likeness (QED) is 0.535. The predicted octanol–water partition coefficient (Wildman–Crippen LogP) is 4.04. The molecule has 0 aromatic rings. The molecular formula is C20H32O4Si2. The summed E-state index contributed by atoms with van der Waals surface area (Å²) in [6.45, 7) is 14.3. The third-order valence-corrected chi connectivity index (χ3v) is 11.8. The van der Waals surface area contributed by atoms with Gasteiger partial charge in [0, 0.05) is 19.9 Å². The van der Waals surface area contributed by atoms with Crippen molar-refractivity contribution in [2.75, 3.05) is 14.2 Å². The summed E-state index contributed by atoms with van der Waals surface area (Å²) >= 11 is 0. The summed E-state index contributed by atoms with van der Waals surface area (Å²) in [6, 6.07) is 0. The first-order valence-electron chi connectivity index (χ1n) is 9.56. The Bertz CT molecular complexity index is 708. The van der Waals surface area contributed by atoms with Crippen molar-refractivity contribution in [3.8, 4) is 0 Å². The Morgan fingerprint density at radius 2 is 1.50 bits per heavy atom. The molecule has 0 saturated heterocycles. The summed E-state index contributed by atoms with van der Waals surface area (Å²) in [5.41, 5.74) is 1.87. The van der Waals surface area contributed by atoms with Crippen LogP contribution in [-0.2, 0) is 19.1 Å². The van der Waals surface area contributed by atoms with Crippen LogP contribution in [0.15, 0.2) is 22.4 Å². The Morgan fingerprint density at radius 1 is 0.962 bits per heavy atom. The highest BCUT2D eigenvalue weighted by atomic mass is 28.3. The number of ether oxygens (including phenoxy) is 2. The number of methoxy groups -OCH3 is 2. The van der Waals surface area contributed by atoms with Crippen LogP contribution < -0.4 is 0 Å². The average molecular weight is 393 g/mol. The van der Waals surface area contributed by atoms with Gasteiger partial charge in [0.1, 0.15) is 0 Å². The highest BCUT2D eigenvalue weighted by Crippen LogP contribution is 2.67. The van der Waals surface area contributed by atoms with Gasteiger partial charge in [-0.25, -0.2) is 9.59 Å². The van der Waals surface area contributed by atoms with Crippen molar-refractivity contribution in [1.29, 1.82) is 0 Å². The molecule has 0 amide bonds. The minimum atomic E-state index is -1.63. The number of allylic oxidation sites excluding steroid dienone is 2. The minimum Gasteiger partial charge on any atom is -0.466 e. The summed E-state index contributed by atoms with van der Waals surface area (Å²) in [7, 11) is -0.155. The van der Waals surface area contributed by atoms with Crippen molar-refractivity contribution in [3.05, 3.63) is 22.4 Å².